The highest BCUT2D eigenvalue weighted by molar-refractivity contribution is 7.17. The summed E-state index contributed by atoms with van der Waals surface area (Å²) in [5.74, 6) is -0.0240. The summed E-state index contributed by atoms with van der Waals surface area (Å²) in [5.41, 5.74) is 5.78. The number of hydrogen-bond acceptors (Lipinski definition) is 6. The molecule has 0 unspecified atom stereocenters. The number of benzene rings is 1. The molecule has 0 aliphatic carbocycles. The molecule has 3 aromatic heterocycles. The van der Waals surface area contributed by atoms with Crippen molar-refractivity contribution in [3.8, 4) is 10.4 Å². The molecule has 3 heterocycles. The van der Waals surface area contributed by atoms with Gasteiger partial charge in [0.05, 0.1) is 17.7 Å². The first-order valence-electron chi connectivity index (χ1n) is 10.7. The SMILES string of the molecule is CCCCn1c(N)c(N(Cc2ccco2)C(=O)c2ccc(-c3ccc(Cl)cc3)s2)c(=O)[nH]c1=O. The largest absolute Gasteiger partial charge is 0.467 e. The minimum absolute atomic E-state index is 0.0285. The molecule has 1 aromatic carbocycles. The number of aromatic nitrogens is 2. The number of H-pyrrole nitrogens is 1. The van der Waals surface area contributed by atoms with Crippen LogP contribution in [0.15, 0.2) is 68.8 Å². The van der Waals surface area contributed by atoms with Crippen LogP contribution >= 0.6 is 22.9 Å². The average Bonchev–Trinajstić information content (AvgIpc) is 3.51. The van der Waals surface area contributed by atoms with Gasteiger partial charge in [0.15, 0.2) is 5.69 Å². The van der Waals surface area contributed by atoms with E-state index >= 15 is 0 Å². The van der Waals surface area contributed by atoms with E-state index in [1.807, 2.05) is 25.1 Å². The highest BCUT2D eigenvalue weighted by Crippen LogP contribution is 2.31. The third-order valence-corrected chi connectivity index (χ3v) is 6.68. The predicted molar refractivity (Wildman–Crippen MR) is 135 cm³/mol. The topological polar surface area (TPSA) is 114 Å². The van der Waals surface area contributed by atoms with Crippen molar-refractivity contribution in [2.45, 2.75) is 32.9 Å². The van der Waals surface area contributed by atoms with E-state index in [1.54, 1.807) is 30.3 Å². The number of unbranched alkanes of at least 4 members (excludes halogenated alkanes) is 1. The molecule has 0 bridgehead atoms. The predicted octanol–water partition coefficient (Wildman–Crippen LogP) is 4.74. The lowest BCUT2D eigenvalue weighted by molar-refractivity contribution is 0.0986. The molecule has 0 aliphatic rings. The van der Waals surface area contributed by atoms with Gasteiger partial charge in [0.1, 0.15) is 11.6 Å². The van der Waals surface area contributed by atoms with Gasteiger partial charge in [0.25, 0.3) is 11.5 Å². The lowest BCUT2D eigenvalue weighted by Crippen LogP contribution is -2.40. The van der Waals surface area contributed by atoms with E-state index in [0.29, 0.717) is 28.6 Å². The first-order valence-corrected chi connectivity index (χ1v) is 11.9. The number of nitrogens with two attached hydrogens (primary N) is 1. The van der Waals surface area contributed by atoms with Gasteiger partial charge in [0, 0.05) is 16.4 Å². The molecule has 1 amide bonds. The second-order valence-electron chi connectivity index (χ2n) is 7.64. The fourth-order valence-corrected chi connectivity index (χ4v) is 4.63. The highest BCUT2D eigenvalue weighted by atomic mass is 35.5. The van der Waals surface area contributed by atoms with Crippen molar-refractivity contribution in [3.63, 3.8) is 0 Å². The van der Waals surface area contributed by atoms with Crippen LogP contribution in [0.4, 0.5) is 11.5 Å². The molecule has 0 spiro atoms. The Bertz CT molecular complexity index is 1400. The van der Waals surface area contributed by atoms with E-state index < -0.39 is 17.2 Å². The Morgan fingerprint density at radius 1 is 1.18 bits per heavy atom. The van der Waals surface area contributed by atoms with Crippen LogP contribution in [-0.4, -0.2) is 15.5 Å². The number of thiophene rings is 1. The Morgan fingerprint density at radius 2 is 1.94 bits per heavy atom. The number of rotatable bonds is 8. The number of halogens is 1. The maximum absolute atomic E-state index is 13.7. The Kier molecular flexibility index (Phi) is 7.04. The van der Waals surface area contributed by atoms with E-state index in [4.69, 9.17) is 21.8 Å². The molecule has 176 valence electrons. The number of furan rings is 1. The van der Waals surface area contributed by atoms with Gasteiger partial charge in [-0.25, -0.2) is 4.79 Å². The monoisotopic (exact) mass is 498 g/mol. The molecule has 0 aliphatic heterocycles. The second kappa shape index (κ2) is 10.1. The van der Waals surface area contributed by atoms with Crippen LogP contribution in [0.2, 0.25) is 5.02 Å². The van der Waals surface area contributed by atoms with Crippen molar-refractivity contribution in [1.29, 1.82) is 0 Å². The maximum atomic E-state index is 13.7. The van der Waals surface area contributed by atoms with Crippen LogP contribution < -0.4 is 21.9 Å². The summed E-state index contributed by atoms with van der Waals surface area (Å²) in [4.78, 5) is 43.7. The summed E-state index contributed by atoms with van der Waals surface area (Å²) >= 11 is 7.26. The average molecular weight is 499 g/mol. The third-order valence-electron chi connectivity index (χ3n) is 5.30. The number of nitrogens with zero attached hydrogens (tertiary/aromatic N) is 2. The summed E-state index contributed by atoms with van der Waals surface area (Å²) in [6.45, 7) is 2.28. The van der Waals surface area contributed by atoms with Crippen molar-refractivity contribution in [2.24, 2.45) is 0 Å². The quantitative estimate of drug-likeness (QED) is 0.364. The summed E-state index contributed by atoms with van der Waals surface area (Å²) in [5, 5.41) is 0.620. The third kappa shape index (κ3) is 4.85. The minimum Gasteiger partial charge on any atom is -0.467 e. The van der Waals surface area contributed by atoms with Crippen LogP contribution in [0, 0.1) is 0 Å². The minimum atomic E-state index is -0.732. The summed E-state index contributed by atoms with van der Waals surface area (Å²) in [6, 6.07) is 14.2. The Morgan fingerprint density at radius 3 is 2.62 bits per heavy atom. The fourth-order valence-electron chi connectivity index (χ4n) is 3.54. The molecule has 8 nitrogen and oxygen atoms in total. The molecule has 10 heteroatoms. The number of amides is 1. The van der Waals surface area contributed by atoms with E-state index in [2.05, 4.69) is 4.98 Å². The summed E-state index contributed by atoms with van der Waals surface area (Å²) in [6.07, 6.45) is 3.01. The first-order chi connectivity index (χ1) is 16.4. The van der Waals surface area contributed by atoms with Gasteiger partial charge >= 0.3 is 5.69 Å². The zero-order chi connectivity index (χ0) is 24.2. The lowest BCUT2D eigenvalue weighted by Gasteiger charge is -2.23. The zero-order valence-corrected chi connectivity index (χ0v) is 20.0. The molecule has 0 saturated heterocycles. The number of nitrogen functional groups attached to an aromatic ring is 1. The molecule has 3 N–H and O–H groups in total. The van der Waals surface area contributed by atoms with Gasteiger partial charge in [-0.15, -0.1) is 11.3 Å². The van der Waals surface area contributed by atoms with Gasteiger partial charge < -0.3 is 10.2 Å². The normalized spacial score (nSPS) is 11.0. The molecule has 4 rings (SSSR count). The molecule has 0 radical (unpaired) electrons. The van der Waals surface area contributed by atoms with Crippen LogP contribution in [0.25, 0.3) is 10.4 Å². The van der Waals surface area contributed by atoms with E-state index in [0.717, 1.165) is 16.9 Å². The van der Waals surface area contributed by atoms with Crippen molar-refractivity contribution >= 4 is 40.4 Å². The standard InChI is InChI=1S/C24H23ClN4O4S/c1-2-3-12-28-21(26)20(22(30)27-24(28)32)29(14-17-5-4-13-33-17)23(31)19-11-10-18(34-19)15-6-8-16(25)9-7-15/h4-11,13H,2-3,12,14,26H2,1H3,(H,27,30,32). The number of carbonyl (C=O) groups excluding carboxylic acids is 1. The van der Waals surface area contributed by atoms with E-state index in [9.17, 15) is 14.4 Å². The summed E-state index contributed by atoms with van der Waals surface area (Å²) in [7, 11) is 0. The van der Waals surface area contributed by atoms with E-state index in [1.165, 1.54) is 27.1 Å². The van der Waals surface area contributed by atoms with Crippen LogP contribution in [0.3, 0.4) is 0 Å². The first kappa shape index (κ1) is 23.6. The Labute approximate surface area is 204 Å². The molecule has 4 aromatic rings. The maximum Gasteiger partial charge on any atom is 0.330 e. The smallest absolute Gasteiger partial charge is 0.330 e. The molecular formula is C24H23ClN4O4S. The number of aromatic amines is 1. The van der Waals surface area contributed by atoms with E-state index in [-0.39, 0.29) is 18.1 Å². The van der Waals surface area contributed by atoms with Crippen LogP contribution in [0.5, 0.6) is 0 Å². The number of anilines is 2. The van der Waals surface area contributed by atoms with Crippen LogP contribution in [-0.2, 0) is 13.1 Å². The zero-order valence-electron chi connectivity index (χ0n) is 18.4. The fraction of sp³-hybridized carbons (Fsp3) is 0.208. The van der Waals surface area contributed by atoms with Gasteiger partial charge in [-0.1, -0.05) is 37.1 Å². The molecule has 34 heavy (non-hydrogen) atoms. The number of nitrogens with one attached hydrogen (secondary N) is 1. The van der Waals surface area contributed by atoms with Crippen molar-refractivity contribution < 1.29 is 9.21 Å². The van der Waals surface area contributed by atoms with Gasteiger partial charge in [0.2, 0.25) is 0 Å². The molecule has 0 atom stereocenters. The van der Waals surface area contributed by atoms with Crippen molar-refractivity contribution in [3.05, 3.63) is 91.3 Å². The number of hydrogen-bond donors (Lipinski definition) is 2. The Hall–Kier alpha value is -3.56. The lowest BCUT2D eigenvalue weighted by atomic mass is 10.2. The van der Waals surface area contributed by atoms with Gasteiger partial charge in [-0.05, 0) is 48.4 Å². The number of carbonyl (C=O) groups is 1. The van der Waals surface area contributed by atoms with Gasteiger partial charge in [-0.2, -0.15) is 0 Å². The highest BCUT2D eigenvalue weighted by Gasteiger charge is 2.27. The van der Waals surface area contributed by atoms with Crippen molar-refractivity contribution in [2.75, 3.05) is 10.6 Å². The van der Waals surface area contributed by atoms with Crippen LogP contribution in [0.1, 0.15) is 35.2 Å². The van der Waals surface area contributed by atoms with Gasteiger partial charge in [-0.3, -0.25) is 24.0 Å². The Balaban J connectivity index is 1.77. The van der Waals surface area contributed by atoms with Crippen molar-refractivity contribution in [1.82, 2.24) is 9.55 Å². The molecular weight excluding hydrogens is 476 g/mol. The molecule has 0 saturated carbocycles. The second-order valence-corrected chi connectivity index (χ2v) is 9.16. The summed E-state index contributed by atoms with van der Waals surface area (Å²) < 4.78 is 6.72. The molecule has 0 fully saturated rings.